The molecule has 1 rings (SSSR count). The fourth-order valence-electron chi connectivity index (χ4n) is 2.14. The number of nitrogens with one attached hydrogen (secondary N) is 1. The van der Waals surface area contributed by atoms with Crippen LogP contribution in [0.5, 0.6) is 0 Å². The minimum atomic E-state index is -0.414. The first-order valence-electron chi connectivity index (χ1n) is 9.34. The Balaban J connectivity index is 0.000000488. The summed E-state index contributed by atoms with van der Waals surface area (Å²) in [6.45, 7) is 12.2. The van der Waals surface area contributed by atoms with Gasteiger partial charge in [0.05, 0.1) is 18.8 Å². The lowest BCUT2D eigenvalue weighted by molar-refractivity contribution is -0.146. The van der Waals surface area contributed by atoms with E-state index in [-0.39, 0.29) is 24.1 Å². The smallest absolute Gasteiger partial charge is 0.339 e. The van der Waals surface area contributed by atoms with E-state index in [4.69, 9.17) is 4.74 Å². The van der Waals surface area contributed by atoms with E-state index in [9.17, 15) is 14.4 Å². The van der Waals surface area contributed by atoms with E-state index in [1.807, 2.05) is 20.8 Å². The maximum atomic E-state index is 11.5. The van der Waals surface area contributed by atoms with Gasteiger partial charge in [0.25, 0.3) is 0 Å². The summed E-state index contributed by atoms with van der Waals surface area (Å²) in [7, 11) is 0. The highest BCUT2D eigenvalue weighted by atomic mass is 16.5. The Morgan fingerprint density at radius 2 is 1.62 bits per heavy atom. The Morgan fingerprint density at radius 1 is 1.00 bits per heavy atom. The van der Waals surface area contributed by atoms with Crippen molar-refractivity contribution in [2.24, 2.45) is 5.92 Å². The summed E-state index contributed by atoms with van der Waals surface area (Å²) in [6.07, 6.45) is 3.49. The number of Topliss-reactive ketones (excluding diaryl/α,β-unsaturated/α-hetero) is 1. The van der Waals surface area contributed by atoms with Gasteiger partial charge < -0.3 is 14.5 Å². The molecule has 2 unspecified atom stereocenters. The predicted molar refractivity (Wildman–Crippen MR) is 101 cm³/mol. The predicted octanol–water partition coefficient (Wildman–Crippen LogP) is 4.26. The number of rotatable bonds is 9. The Labute approximate surface area is 156 Å². The first-order valence-corrected chi connectivity index (χ1v) is 9.34. The number of hydrogen-bond acceptors (Lipinski definition) is 5. The maximum absolute atomic E-state index is 11.5. The van der Waals surface area contributed by atoms with Crippen LogP contribution in [0, 0.1) is 5.92 Å². The molecule has 0 aromatic carbocycles. The molecule has 0 fully saturated rings. The minimum Gasteiger partial charge on any atom is -0.466 e. The zero-order valence-electron chi connectivity index (χ0n) is 16.9. The van der Waals surface area contributed by atoms with E-state index in [1.54, 1.807) is 19.2 Å². The van der Waals surface area contributed by atoms with Gasteiger partial charge >= 0.3 is 11.9 Å². The Hall–Kier alpha value is -2.11. The van der Waals surface area contributed by atoms with Crippen LogP contribution in [0.1, 0.15) is 82.8 Å². The molecule has 1 heterocycles. The summed E-state index contributed by atoms with van der Waals surface area (Å²) in [5.74, 6) is -0.346. The molecule has 0 aliphatic carbocycles. The van der Waals surface area contributed by atoms with Crippen LogP contribution in [0.4, 0.5) is 0 Å². The van der Waals surface area contributed by atoms with E-state index >= 15 is 0 Å². The molecule has 0 aliphatic heterocycles. The number of carbonyl (C=O) groups is 3. The number of esters is 2. The first kappa shape index (κ1) is 23.9. The summed E-state index contributed by atoms with van der Waals surface area (Å²) in [5, 5.41) is 0. The second kappa shape index (κ2) is 13.1. The van der Waals surface area contributed by atoms with Gasteiger partial charge in [0.2, 0.25) is 0 Å². The van der Waals surface area contributed by atoms with Gasteiger partial charge in [0, 0.05) is 17.8 Å². The summed E-state index contributed by atoms with van der Waals surface area (Å²) in [5.41, 5.74) is 1.65. The van der Waals surface area contributed by atoms with Gasteiger partial charge in [-0.1, -0.05) is 27.7 Å². The number of carbonyl (C=O) groups excluding carboxylic acids is 3. The summed E-state index contributed by atoms with van der Waals surface area (Å²) < 4.78 is 9.61. The quantitative estimate of drug-likeness (QED) is 0.521. The van der Waals surface area contributed by atoms with Gasteiger partial charge in [-0.25, -0.2) is 4.79 Å². The van der Waals surface area contributed by atoms with Crippen LogP contribution < -0.4 is 0 Å². The van der Waals surface area contributed by atoms with Gasteiger partial charge in [-0.05, 0) is 38.7 Å². The van der Waals surface area contributed by atoms with Crippen molar-refractivity contribution >= 4 is 17.7 Å². The second-order valence-electron chi connectivity index (χ2n) is 6.09. The molecule has 0 saturated carbocycles. The highest BCUT2D eigenvalue weighted by Crippen LogP contribution is 2.21. The molecule has 0 aliphatic rings. The van der Waals surface area contributed by atoms with Crippen LogP contribution in [0.15, 0.2) is 12.3 Å². The molecule has 0 radical (unpaired) electrons. The Bertz CT molecular complexity index is 564. The average Bonchev–Trinajstić information content (AvgIpc) is 3.11. The molecule has 1 N–H and O–H groups in total. The molecule has 1 aromatic heterocycles. The van der Waals surface area contributed by atoms with E-state index in [1.165, 1.54) is 0 Å². The van der Waals surface area contributed by atoms with Crippen molar-refractivity contribution in [3.63, 3.8) is 0 Å². The topological polar surface area (TPSA) is 85.5 Å². The lowest BCUT2D eigenvalue weighted by Crippen LogP contribution is -2.16. The van der Waals surface area contributed by atoms with E-state index in [2.05, 4.69) is 23.6 Å². The number of aromatic nitrogens is 1. The molecule has 0 bridgehead atoms. The maximum Gasteiger partial charge on any atom is 0.339 e. The van der Waals surface area contributed by atoms with Crippen molar-refractivity contribution in [3.05, 3.63) is 23.5 Å². The molecule has 1 aromatic rings. The normalized spacial score (nSPS) is 12.4. The third-order valence-electron chi connectivity index (χ3n) is 4.17. The van der Waals surface area contributed by atoms with Crippen molar-refractivity contribution in [2.45, 2.75) is 66.7 Å². The number of ketones is 1. The summed E-state index contributed by atoms with van der Waals surface area (Å²) in [6, 6.07) is 1.78. The monoisotopic (exact) mass is 367 g/mol. The van der Waals surface area contributed by atoms with Crippen LogP contribution in [0.2, 0.25) is 0 Å². The molecule has 26 heavy (non-hydrogen) atoms. The van der Waals surface area contributed by atoms with Crippen LogP contribution in [-0.2, 0) is 19.1 Å². The van der Waals surface area contributed by atoms with Crippen LogP contribution in [0.25, 0.3) is 0 Å². The largest absolute Gasteiger partial charge is 0.466 e. The molecule has 148 valence electrons. The molecule has 0 amide bonds. The minimum absolute atomic E-state index is 0.0315. The van der Waals surface area contributed by atoms with Crippen molar-refractivity contribution in [1.29, 1.82) is 0 Å². The van der Waals surface area contributed by atoms with Crippen molar-refractivity contribution in [3.8, 4) is 0 Å². The SMILES string of the molecule is CCOC(=O)CC(=O)C(C)CC.CCOC(=O)c1cc[nH]c1C(C)CC. The zero-order chi connectivity index (χ0) is 20.1. The van der Waals surface area contributed by atoms with Crippen LogP contribution in [0.3, 0.4) is 0 Å². The van der Waals surface area contributed by atoms with E-state index < -0.39 is 5.97 Å². The van der Waals surface area contributed by atoms with Crippen molar-refractivity contribution < 1.29 is 23.9 Å². The van der Waals surface area contributed by atoms with E-state index in [0.29, 0.717) is 24.7 Å². The van der Waals surface area contributed by atoms with Gasteiger partial charge in [-0.3, -0.25) is 9.59 Å². The number of H-pyrrole nitrogens is 1. The lowest BCUT2D eigenvalue weighted by Gasteiger charge is -2.09. The molecule has 2 atom stereocenters. The van der Waals surface area contributed by atoms with Crippen molar-refractivity contribution in [1.82, 2.24) is 4.98 Å². The fourth-order valence-corrected chi connectivity index (χ4v) is 2.14. The highest BCUT2D eigenvalue weighted by Gasteiger charge is 2.17. The van der Waals surface area contributed by atoms with Gasteiger partial charge in [-0.2, -0.15) is 0 Å². The fraction of sp³-hybridized carbons (Fsp3) is 0.650. The van der Waals surface area contributed by atoms with Crippen molar-refractivity contribution in [2.75, 3.05) is 13.2 Å². The molecular weight excluding hydrogens is 334 g/mol. The molecule has 0 spiro atoms. The second-order valence-corrected chi connectivity index (χ2v) is 6.09. The third-order valence-corrected chi connectivity index (χ3v) is 4.17. The molecule has 6 nitrogen and oxygen atoms in total. The van der Waals surface area contributed by atoms with Crippen LogP contribution in [-0.4, -0.2) is 35.9 Å². The van der Waals surface area contributed by atoms with Crippen LogP contribution >= 0.6 is 0 Å². The number of ether oxygens (including phenoxy) is 2. The lowest BCUT2D eigenvalue weighted by atomic mass is 10.0. The Morgan fingerprint density at radius 3 is 2.12 bits per heavy atom. The van der Waals surface area contributed by atoms with Gasteiger partial charge in [-0.15, -0.1) is 0 Å². The van der Waals surface area contributed by atoms with Gasteiger partial charge in [0.15, 0.2) is 0 Å². The molecular formula is C20H33NO5. The summed E-state index contributed by atoms with van der Waals surface area (Å²) >= 11 is 0. The molecule has 0 saturated heterocycles. The first-order chi connectivity index (χ1) is 12.3. The zero-order valence-corrected chi connectivity index (χ0v) is 16.9. The Kier molecular flexibility index (Phi) is 12.1. The summed E-state index contributed by atoms with van der Waals surface area (Å²) in [4.78, 5) is 36.6. The third kappa shape index (κ3) is 8.32. The van der Waals surface area contributed by atoms with Gasteiger partial charge in [0.1, 0.15) is 12.2 Å². The highest BCUT2D eigenvalue weighted by molar-refractivity contribution is 5.96. The molecule has 6 heteroatoms. The average molecular weight is 367 g/mol. The number of hydrogen-bond donors (Lipinski definition) is 1. The number of aromatic amines is 1. The standard InChI is InChI=1S/C11H17NO2.C9H16O3/c1-4-8(3)10-9(6-7-12-10)11(13)14-5-2;1-4-7(3)8(10)6-9(11)12-5-2/h6-8,12H,4-5H2,1-3H3;7H,4-6H2,1-3H3. The van der Waals surface area contributed by atoms with E-state index in [0.717, 1.165) is 18.5 Å².